The van der Waals surface area contributed by atoms with Gasteiger partial charge in [0.05, 0.1) is 10.6 Å². The lowest BCUT2D eigenvalue weighted by molar-refractivity contribution is 0.628. The number of anilines is 1. The van der Waals surface area contributed by atoms with Crippen molar-refractivity contribution in [2.24, 2.45) is 0 Å². The molecule has 0 unspecified atom stereocenters. The minimum atomic E-state index is 0.241. The van der Waals surface area contributed by atoms with E-state index < -0.39 is 0 Å². The Balaban J connectivity index is 1.85. The molecule has 0 aliphatic rings. The number of halogens is 1. The van der Waals surface area contributed by atoms with Crippen molar-refractivity contribution in [3.05, 3.63) is 51.8 Å². The van der Waals surface area contributed by atoms with Gasteiger partial charge in [-0.1, -0.05) is 15.9 Å². The Bertz CT molecular complexity index is 1020. The maximum Gasteiger partial charge on any atom is 0.221 e. The van der Waals surface area contributed by atoms with Crippen molar-refractivity contribution in [2.75, 3.05) is 5.73 Å². The highest BCUT2D eigenvalue weighted by Gasteiger charge is 2.12. The van der Waals surface area contributed by atoms with E-state index >= 15 is 0 Å². The highest BCUT2D eigenvalue weighted by molar-refractivity contribution is 9.10. The summed E-state index contributed by atoms with van der Waals surface area (Å²) in [5.74, 6) is 0.923. The van der Waals surface area contributed by atoms with Crippen molar-refractivity contribution in [3.63, 3.8) is 0 Å². The quantitative estimate of drug-likeness (QED) is 0.510. The number of aryl methyl sites for hydroxylation is 1. The van der Waals surface area contributed by atoms with Crippen molar-refractivity contribution in [3.8, 4) is 22.0 Å². The standard InChI is InChI=1S/C17H12BrN3OS/c1-9-2-5-16(23-9)13-8-12(20-17(19)21-13)15-7-10-6-11(18)3-4-14(10)22-15/h2-8H,1H3,(H2,19,20,21). The molecule has 0 bridgehead atoms. The van der Waals surface area contributed by atoms with E-state index in [2.05, 4.69) is 38.9 Å². The summed E-state index contributed by atoms with van der Waals surface area (Å²) in [4.78, 5) is 11.0. The van der Waals surface area contributed by atoms with Crippen molar-refractivity contribution in [2.45, 2.75) is 6.92 Å². The predicted octanol–water partition coefficient (Wildman–Crippen LogP) is 5.27. The first kappa shape index (κ1) is 14.4. The smallest absolute Gasteiger partial charge is 0.221 e. The minimum Gasteiger partial charge on any atom is -0.454 e. The number of hydrogen-bond donors (Lipinski definition) is 1. The summed E-state index contributed by atoms with van der Waals surface area (Å²) in [6, 6.07) is 13.9. The summed E-state index contributed by atoms with van der Waals surface area (Å²) >= 11 is 5.15. The molecule has 6 heteroatoms. The second-order valence-corrected chi connectivity index (χ2v) is 7.40. The van der Waals surface area contributed by atoms with Crippen LogP contribution in [0.3, 0.4) is 0 Å². The van der Waals surface area contributed by atoms with Crippen molar-refractivity contribution in [1.82, 2.24) is 9.97 Å². The zero-order chi connectivity index (χ0) is 16.0. The molecule has 114 valence electrons. The Kier molecular flexibility index (Phi) is 3.43. The average Bonchev–Trinajstić information content (AvgIpc) is 3.12. The number of rotatable bonds is 2. The van der Waals surface area contributed by atoms with Crippen LogP contribution in [0.1, 0.15) is 4.88 Å². The van der Waals surface area contributed by atoms with Gasteiger partial charge in [-0.2, -0.15) is 0 Å². The number of hydrogen-bond acceptors (Lipinski definition) is 5. The molecule has 0 atom stereocenters. The normalized spacial score (nSPS) is 11.2. The molecule has 3 heterocycles. The second-order valence-electron chi connectivity index (χ2n) is 5.20. The highest BCUT2D eigenvalue weighted by atomic mass is 79.9. The third kappa shape index (κ3) is 2.75. The van der Waals surface area contributed by atoms with Crippen molar-refractivity contribution < 1.29 is 4.42 Å². The SMILES string of the molecule is Cc1ccc(-c2cc(-c3cc4cc(Br)ccc4o3)nc(N)n2)s1. The van der Waals surface area contributed by atoms with E-state index in [4.69, 9.17) is 10.2 Å². The Labute approximate surface area is 145 Å². The van der Waals surface area contributed by atoms with Crippen LogP contribution in [0.4, 0.5) is 5.95 Å². The Morgan fingerprint density at radius 2 is 1.87 bits per heavy atom. The van der Waals surface area contributed by atoms with E-state index in [0.29, 0.717) is 11.5 Å². The second kappa shape index (κ2) is 5.47. The van der Waals surface area contributed by atoms with Gasteiger partial charge in [0.2, 0.25) is 5.95 Å². The molecular weight excluding hydrogens is 374 g/mol. The molecule has 23 heavy (non-hydrogen) atoms. The van der Waals surface area contributed by atoms with Gasteiger partial charge < -0.3 is 10.2 Å². The van der Waals surface area contributed by atoms with Gasteiger partial charge in [-0.25, -0.2) is 9.97 Å². The van der Waals surface area contributed by atoms with Crippen LogP contribution in [0.25, 0.3) is 33.0 Å². The molecule has 4 nitrogen and oxygen atoms in total. The number of fused-ring (bicyclic) bond motifs is 1. The van der Waals surface area contributed by atoms with Crippen LogP contribution in [0.5, 0.6) is 0 Å². The number of nitrogens with zero attached hydrogens (tertiary/aromatic N) is 2. The number of thiophene rings is 1. The molecule has 3 aromatic heterocycles. The molecule has 4 aromatic rings. The molecule has 0 aliphatic carbocycles. The topological polar surface area (TPSA) is 64.9 Å². The minimum absolute atomic E-state index is 0.241. The highest BCUT2D eigenvalue weighted by Crippen LogP contribution is 2.32. The fourth-order valence-corrected chi connectivity index (χ4v) is 3.64. The van der Waals surface area contributed by atoms with E-state index in [0.717, 1.165) is 26.0 Å². The van der Waals surface area contributed by atoms with Crippen LogP contribution in [-0.2, 0) is 0 Å². The maximum atomic E-state index is 5.90. The van der Waals surface area contributed by atoms with Crippen LogP contribution in [0.15, 0.2) is 51.4 Å². The third-order valence-corrected chi connectivity index (χ3v) is 4.98. The summed E-state index contributed by atoms with van der Waals surface area (Å²) in [6.07, 6.45) is 0. The van der Waals surface area contributed by atoms with E-state index in [1.807, 2.05) is 36.4 Å². The Morgan fingerprint density at radius 3 is 2.65 bits per heavy atom. The van der Waals surface area contributed by atoms with Crippen molar-refractivity contribution >= 4 is 44.2 Å². The van der Waals surface area contributed by atoms with Gasteiger partial charge >= 0.3 is 0 Å². The molecule has 4 rings (SSSR count). The number of nitrogens with two attached hydrogens (primary N) is 1. The molecule has 2 N–H and O–H groups in total. The molecule has 0 saturated carbocycles. The zero-order valence-electron chi connectivity index (χ0n) is 12.2. The largest absolute Gasteiger partial charge is 0.454 e. The average molecular weight is 386 g/mol. The van der Waals surface area contributed by atoms with Crippen LogP contribution >= 0.6 is 27.3 Å². The molecule has 0 spiro atoms. The lowest BCUT2D eigenvalue weighted by Crippen LogP contribution is -1.97. The molecule has 0 amide bonds. The van der Waals surface area contributed by atoms with Crippen LogP contribution in [-0.4, -0.2) is 9.97 Å². The fraction of sp³-hybridized carbons (Fsp3) is 0.0588. The Morgan fingerprint density at radius 1 is 1.04 bits per heavy atom. The van der Waals surface area contributed by atoms with Crippen LogP contribution in [0.2, 0.25) is 0 Å². The van der Waals surface area contributed by atoms with Gasteiger partial charge in [-0.05, 0) is 49.4 Å². The number of furan rings is 1. The summed E-state index contributed by atoms with van der Waals surface area (Å²) in [6.45, 7) is 2.07. The fourth-order valence-electron chi connectivity index (χ4n) is 2.43. The summed E-state index contributed by atoms with van der Waals surface area (Å²) < 4.78 is 6.91. The number of benzene rings is 1. The summed E-state index contributed by atoms with van der Waals surface area (Å²) in [5, 5.41) is 1.01. The van der Waals surface area contributed by atoms with E-state index in [9.17, 15) is 0 Å². The molecule has 0 saturated heterocycles. The van der Waals surface area contributed by atoms with E-state index in [1.165, 1.54) is 4.88 Å². The zero-order valence-corrected chi connectivity index (χ0v) is 14.6. The van der Waals surface area contributed by atoms with Crippen LogP contribution < -0.4 is 5.73 Å². The van der Waals surface area contributed by atoms with Crippen molar-refractivity contribution in [1.29, 1.82) is 0 Å². The predicted molar refractivity (Wildman–Crippen MR) is 97.4 cm³/mol. The van der Waals surface area contributed by atoms with Gasteiger partial charge in [0.1, 0.15) is 11.3 Å². The van der Waals surface area contributed by atoms with Gasteiger partial charge in [0.25, 0.3) is 0 Å². The lowest BCUT2D eigenvalue weighted by Gasteiger charge is -2.02. The van der Waals surface area contributed by atoms with E-state index in [-0.39, 0.29) is 5.95 Å². The summed E-state index contributed by atoms with van der Waals surface area (Å²) in [7, 11) is 0. The van der Waals surface area contributed by atoms with Crippen LogP contribution in [0, 0.1) is 6.92 Å². The molecule has 0 aliphatic heterocycles. The molecular formula is C17H12BrN3OS. The van der Waals surface area contributed by atoms with Gasteiger partial charge in [-0.3, -0.25) is 0 Å². The molecule has 1 aromatic carbocycles. The number of aromatic nitrogens is 2. The first-order chi connectivity index (χ1) is 11.1. The Hall–Kier alpha value is -2.18. The monoisotopic (exact) mass is 385 g/mol. The third-order valence-electron chi connectivity index (χ3n) is 3.47. The number of nitrogen functional groups attached to an aromatic ring is 1. The van der Waals surface area contributed by atoms with Gasteiger partial charge in [0, 0.05) is 14.7 Å². The first-order valence-corrected chi connectivity index (χ1v) is 8.60. The maximum absolute atomic E-state index is 5.90. The van der Waals surface area contributed by atoms with Gasteiger partial charge in [-0.15, -0.1) is 11.3 Å². The summed E-state index contributed by atoms with van der Waals surface area (Å²) in [5.41, 5.74) is 8.20. The lowest BCUT2D eigenvalue weighted by atomic mass is 10.2. The first-order valence-electron chi connectivity index (χ1n) is 6.99. The van der Waals surface area contributed by atoms with E-state index in [1.54, 1.807) is 11.3 Å². The van der Waals surface area contributed by atoms with Gasteiger partial charge in [0.15, 0.2) is 5.76 Å². The molecule has 0 fully saturated rings. The molecule has 0 radical (unpaired) electrons.